The number of unbranched alkanes of at least 4 members (excludes halogenated alkanes) is 7. The highest BCUT2D eigenvalue weighted by atomic mass is 16.4. The maximum Gasteiger partial charge on any atom is 0.317 e. The molecule has 0 saturated carbocycles. The van der Waals surface area contributed by atoms with Gasteiger partial charge in [0.05, 0.1) is 6.10 Å². The molecule has 0 amide bonds. The van der Waals surface area contributed by atoms with Crippen molar-refractivity contribution in [2.75, 3.05) is 0 Å². The van der Waals surface area contributed by atoms with Crippen LogP contribution in [0.25, 0.3) is 0 Å². The fourth-order valence-electron chi connectivity index (χ4n) is 2.61. The van der Waals surface area contributed by atoms with Gasteiger partial charge >= 0.3 is 11.9 Å². The first-order valence-corrected chi connectivity index (χ1v) is 9.27. The van der Waals surface area contributed by atoms with E-state index < -0.39 is 17.9 Å². The minimum Gasteiger partial charge on any atom is -0.481 e. The molecule has 0 bridgehead atoms. The van der Waals surface area contributed by atoms with E-state index in [0.29, 0.717) is 12.8 Å². The van der Waals surface area contributed by atoms with Crippen molar-refractivity contribution in [3.8, 4) is 0 Å². The number of carbonyl (C=O) groups is 2. The van der Waals surface area contributed by atoms with Crippen LogP contribution in [0.1, 0.15) is 84.0 Å². The van der Waals surface area contributed by atoms with Crippen LogP contribution in [0, 0.1) is 5.92 Å². The zero-order chi connectivity index (χ0) is 18.2. The number of allylic oxidation sites excluding steroid dienone is 1. The Labute approximate surface area is 145 Å². The second-order valence-electron chi connectivity index (χ2n) is 6.43. The highest BCUT2D eigenvalue weighted by Gasteiger charge is 2.24. The molecule has 0 aliphatic rings. The summed E-state index contributed by atoms with van der Waals surface area (Å²) >= 11 is 0. The van der Waals surface area contributed by atoms with Crippen molar-refractivity contribution in [2.45, 2.75) is 90.1 Å². The normalized spacial score (nSPS) is 12.8. The largest absolute Gasteiger partial charge is 0.481 e. The van der Waals surface area contributed by atoms with Gasteiger partial charge in [-0.2, -0.15) is 0 Å². The molecule has 0 aromatic rings. The summed E-state index contributed by atoms with van der Waals surface area (Å²) in [6.07, 6.45) is 14.8. The smallest absolute Gasteiger partial charge is 0.317 e. The lowest BCUT2D eigenvalue weighted by Crippen LogP contribution is -2.23. The number of carboxylic acid groups (broad SMARTS) is 2. The average molecular weight is 342 g/mol. The van der Waals surface area contributed by atoms with E-state index in [1.165, 1.54) is 19.3 Å². The number of rotatable bonds is 16. The molecule has 0 unspecified atom stereocenters. The van der Waals surface area contributed by atoms with Gasteiger partial charge in [-0.15, -0.1) is 0 Å². The molecule has 0 aromatic carbocycles. The highest BCUT2D eigenvalue weighted by molar-refractivity contribution is 5.92. The molecule has 24 heavy (non-hydrogen) atoms. The monoisotopic (exact) mass is 342 g/mol. The Bertz CT molecular complexity index is 351. The predicted molar refractivity (Wildman–Crippen MR) is 95.0 cm³/mol. The van der Waals surface area contributed by atoms with Gasteiger partial charge in [0, 0.05) is 0 Å². The molecule has 3 N–H and O–H groups in total. The van der Waals surface area contributed by atoms with Crippen LogP contribution in [-0.4, -0.2) is 33.4 Å². The number of hydrogen-bond acceptors (Lipinski definition) is 3. The van der Waals surface area contributed by atoms with Crippen LogP contribution in [0.2, 0.25) is 0 Å². The quantitative estimate of drug-likeness (QED) is 0.220. The van der Waals surface area contributed by atoms with E-state index in [1.54, 1.807) is 0 Å². The number of carboxylic acids is 2. The van der Waals surface area contributed by atoms with E-state index in [2.05, 4.69) is 13.0 Å². The summed E-state index contributed by atoms with van der Waals surface area (Å²) in [5.41, 5.74) is 0. The van der Waals surface area contributed by atoms with Crippen LogP contribution >= 0.6 is 0 Å². The molecule has 0 fully saturated rings. The van der Waals surface area contributed by atoms with Gasteiger partial charge in [-0.3, -0.25) is 9.59 Å². The zero-order valence-corrected chi connectivity index (χ0v) is 15.0. The SMILES string of the molecule is CCCCCC[C@@H](O)C/C=C\CCCCCCC(C(=O)O)C(=O)O. The van der Waals surface area contributed by atoms with Crippen molar-refractivity contribution in [1.82, 2.24) is 0 Å². The Kier molecular flexibility index (Phi) is 14.3. The van der Waals surface area contributed by atoms with Crippen LogP contribution in [0.3, 0.4) is 0 Å². The highest BCUT2D eigenvalue weighted by Crippen LogP contribution is 2.13. The molecule has 5 nitrogen and oxygen atoms in total. The van der Waals surface area contributed by atoms with Crippen LogP contribution in [-0.2, 0) is 9.59 Å². The molecule has 0 spiro atoms. The maximum absolute atomic E-state index is 10.7. The van der Waals surface area contributed by atoms with Gasteiger partial charge in [0.15, 0.2) is 5.92 Å². The lowest BCUT2D eigenvalue weighted by Gasteiger charge is -2.07. The molecule has 1 atom stereocenters. The third kappa shape index (κ3) is 13.1. The summed E-state index contributed by atoms with van der Waals surface area (Å²) < 4.78 is 0. The van der Waals surface area contributed by atoms with Gasteiger partial charge in [0.1, 0.15) is 0 Å². The van der Waals surface area contributed by atoms with Gasteiger partial charge in [-0.1, -0.05) is 64.0 Å². The Morgan fingerprint density at radius 2 is 1.42 bits per heavy atom. The summed E-state index contributed by atoms with van der Waals surface area (Å²) in [7, 11) is 0. The second-order valence-corrected chi connectivity index (χ2v) is 6.43. The Balaban J connectivity index is 3.52. The first-order valence-electron chi connectivity index (χ1n) is 9.27. The molecule has 0 rings (SSSR count). The molecule has 140 valence electrons. The minimum absolute atomic E-state index is 0.199. The van der Waals surface area contributed by atoms with Crippen molar-refractivity contribution in [3.63, 3.8) is 0 Å². The van der Waals surface area contributed by atoms with Crippen molar-refractivity contribution >= 4 is 11.9 Å². The number of aliphatic hydroxyl groups is 1. The summed E-state index contributed by atoms with van der Waals surface area (Å²) in [6, 6.07) is 0. The lowest BCUT2D eigenvalue weighted by atomic mass is 10.0. The molecule has 0 radical (unpaired) electrons. The molecule has 0 heterocycles. The van der Waals surface area contributed by atoms with E-state index in [0.717, 1.165) is 38.5 Å². The zero-order valence-electron chi connectivity index (χ0n) is 15.0. The van der Waals surface area contributed by atoms with E-state index in [1.807, 2.05) is 6.08 Å². The molecular weight excluding hydrogens is 308 g/mol. The standard InChI is InChI=1S/C19H34O5/c1-2-3-4-10-13-16(20)14-11-8-6-5-7-9-12-15-17(18(21)22)19(23)24/h8,11,16-17,20H,2-7,9-10,12-15H2,1H3,(H,21,22)(H,23,24)/b11-8-/t16-/m1/s1. The molecule has 0 aromatic heterocycles. The van der Waals surface area contributed by atoms with Crippen LogP contribution in [0.4, 0.5) is 0 Å². The second kappa shape index (κ2) is 15.2. The number of aliphatic hydroxyl groups excluding tert-OH is 1. The maximum atomic E-state index is 10.7. The third-order valence-corrected chi connectivity index (χ3v) is 4.18. The Hall–Kier alpha value is -1.36. The van der Waals surface area contributed by atoms with Crippen LogP contribution < -0.4 is 0 Å². The van der Waals surface area contributed by atoms with E-state index in [9.17, 15) is 14.7 Å². The van der Waals surface area contributed by atoms with Gasteiger partial charge in [0.2, 0.25) is 0 Å². The fraction of sp³-hybridized carbons (Fsp3) is 0.789. The molecule has 5 heteroatoms. The van der Waals surface area contributed by atoms with Gasteiger partial charge < -0.3 is 15.3 Å². The van der Waals surface area contributed by atoms with Crippen molar-refractivity contribution < 1.29 is 24.9 Å². The summed E-state index contributed by atoms with van der Waals surface area (Å²) in [4.78, 5) is 21.4. The predicted octanol–water partition coefficient (Wildman–Crippen LogP) is 4.39. The third-order valence-electron chi connectivity index (χ3n) is 4.18. The average Bonchev–Trinajstić information content (AvgIpc) is 2.52. The lowest BCUT2D eigenvalue weighted by molar-refractivity contribution is -0.154. The summed E-state index contributed by atoms with van der Waals surface area (Å²) in [5.74, 6) is -3.78. The Morgan fingerprint density at radius 3 is 2.04 bits per heavy atom. The van der Waals surface area contributed by atoms with Gasteiger partial charge in [0.25, 0.3) is 0 Å². The van der Waals surface area contributed by atoms with Crippen LogP contribution in [0.15, 0.2) is 12.2 Å². The molecular formula is C19H34O5. The van der Waals surface area contributed by atoms with Crippen LogP contribution in [0.5, 0.6) is 0 Å². The van der Waals surface area contributed by atoms with E-state index >= 15 is 0 Å². The number of aliphatic carboxylic acids is 2. The van der Waals surface area contributed by atoms with E-state index in [4.69, 9.17) is 10.2 Å². The minimum atomic E-state index is -1.27. The van der Waals surface area contributed by atoms with Crippen molar-refractivity contribution in [1.29, 1.82) is 0 Å². The summed E-state index contributed by atoms with van der Waals surface area (Å²) in [6.45, 7) is 2.18. The number of hydrogen-bond donors (Lipinski definition) is 3. The van der Waals surface area contributed by atoms with Crippen molar-refractivity contribution in [3.05, 3.63) is 12.2 Å². The fourth-order valence-corrected chi connectivity index (χ4v) is 2.61. The summed E-state index contributed by atoms with van der Waals surface area (Å²) in [5, 5.41) is 27.3. The first-order chi connectivity index (χ1) is 11.5. The Morgan fingerprint density at radius 1 is 0.833 bits per heavy atom. The first kappa shape index (κ1) is 22.6. The molecule has 0 aliphatic carbocycles. The molecule has 0 saturated heterocycles. The topological polar surface area (TPSA) is 94.8 Å². The van der Waals surface area contributed by atoms with Crippen molar-refractivity contribution in [2.24, 2.45) is 5.92 Å². The van der Waals surface area contributed by atoms with Gasteiger partial charge in [-0.05, 0) is 32.1 Å². The van der Waals surface area contributed by atoms with Gasteiger partial charge in [-0.25, -0.2) is 0 Å². The molecule has 0 aliphatic heterocycles. The van der Waals surface area contributed by atoms with E-state index in [-0.39, 0.29) is 12.5 Å².